The molecule has 2 fully saturated rings. The Morgan fingerprint density at radius 3 is 2.31 bits per heavy atom. The summed E-state index contributed by atoms with van der Waals surface area (Å²) in [5.74, 6) is 0. The average molecular weight is 183 g/mol. The fourth-order valence-electron chi connectivity index (χ4n) is 2.36. The second kappa shape index (κ2) is 4.43. The topological polar surface area (TPSA) is 32.3 Å². The summed E-state index contributed by atoms with van der Waals surface area (Å²) >= 11 is 0. The zero-order valence-corrected chi connectivity index (χ0v) is 8.34. The Bertz CT molecular complexity index is 156. The Kier molecular flexibility index (Phi) is 3.23. The predicted octanol–water partition coefficient (Wildman–Crippen LogP) is 1.82. The van der Waals surface area contributed by atoms with Crippen LogP contribution in [0.4, 0.5) is 0 Å². The van der Waals surface area contributed by atoms with Crippen LogP contribution in [0.3, 0.4) is 0 Å². The highest BCUT2D eigenvalue weighted by molar-refractivity contribution is 4.85. The Labute approximate surface area is 80.7 Å². The van der Waals surface area contributed by atoms with Gasteiger partial charge in [0.15, 0.2) is 0 Å². The maximum absolute atomic E-state index is 9.85. The minimum absolute atomic E-state index is 0.0805. The van der Waals surface area contributed by atoms with E-state index >= 15 is 0 Å². The van der Waals surface area contributed by atoms with Crippen LogP contribution >= 0.6 is 0 Å². The van der Waals surface area contributed by atoms with E-state index in [-0.39, 0.29) is 6.10 Å². The van der Waals surface area contributed by atoms with Gasteiger partial charge in [-0.25, -0.2) is 0 Å². The van der Waals surface area contributed by atoms with Crippen molar-refractivity contribution in [3.8, 4) is 0 Å². The second-order valence-corrected chi connectivity index (χ2v) is 4.61. The number of nitrogens with one attached hydrogen (secondary N) is 1. The van der Waals surface area contributed by atoms with Crippen molar-refractivity contribution in [1.29, 1.82) is 0 Å². The molecule has 2 atom stereocenters. The molecule has 2 N–H and O–H groups in total. The highest BCUT2D eigenvalue weighted by Crippen LogP contribution is 2.23. The molecule has 0 amide bonds. The van der Waals surface area contributed by atoms with Gasteiger partial charge in [0.2, 0.25) is 0 Å². The van der Waals surface area contributed by atoms with Gasteiger partial charge in [-0.2, -0.15) is 0 Å². The lowest BCUT2D eigenvalue weighted by atomic mass is 9.91. The molecule has 0 aliphatic heterocycles. The molecule has 0 aromatic heterocycles. The molecular formula is C11H21NO. The van der Waals surface area contributed by atoms with Crippen LogP contribution in [0.25, 0.3) is 0 Å². The van der Waals surface area contributed by atoms with Crippen molar-refractivity contribution in [2.75, 3.05) is 0 Å². The van der Waals surface area contributed by atoms with E-state index in [0.717, 1.165) is 12.5 Å². The van der Waals surface area contributed by atoms with Crippen molar-refractivity contribution in [2.45, 2.75) is 69.6 Å². The Balaban J connectivity index is 1.79. The first kappa shape index (κ1) is 9.47. The number of rotatable bonds is 2. The molecule has 76 valence electrons. The predicted molar refractivity (Wildman–Crippen MR) is 53.7 cm³/mol. The average Bonchev–Trinajstić information content (AvgIpc) is 2.23. The van der Waals surface area contributed by atoms with E-state index in [9.17, 15) is 5.11 Å². The van der Waals surface area contributed by atoms with Crippen LogP contribution in [0.15, 0.2) is 0 Å². The van der Waals surface area contributed by atoms with Crippen LogP contribution in [0.2, 0.25) is 0 Å². The molecule has 0 aromatic rings. The van der Waals surface area contributed by atoms with Crippen LogP contribution in [0, 0.1) is 0 Å². The molecule has 0 heterocycles. The van der Waals surface area contributed by atoms with Gasteiger partial charge in [-0.15, -0.1) is 0 Å². The Morgan fingerprint density at radius 1 is 0.846 bits per heavy atom. The first-order valence-corrected chi connectivity index (χ1v) is 5.80. The maximum Gasteiger partial charge on any atom is 0.0693 e. The molecule has 0 unspecified atom stereocenters. The van der Waals surface area contributed by atoms with Gasteiger partial charge in [-0.3, -0.25) is 0 Å². The van der Waals surface area contributed by atoms with E-state index in [0.29, 0.717) is 6.04 Å². The van der Waals surface area contributed by atoms with Crippen LogP contribution in [-0.2, 0) is 0 Å². The van der Waals surface area contributed by atoms with Crippen molar-refractivity contribution < 1.29 is 5.11 Å². The van der Waals surface area contributed by atoms with E-state index in [1.807, 2.05) is 0 Å². The van der Waals surface area contributed by atoms with E-state index in [1.165, 1.54) is 44.9 Å². The number of aliphatic hydroxyl groups excluding tert-OH is 1. The van der Waals surface area contributed by atoms with Crippen molar-refractivity contribution >= 4 is 0 Å². The molecule has 2 rings (SSSR count). The fraction of sp³-hybridized carbons (Fsp3) is 1.00. The summed E-state index contributed by atoms with van der Waals surface area (Å²) in [6.07, 6.45) is 9.93. The first-order valence-electron chi connectivity index (χ1n) is 5.80. The molecule has 13 heavy (non-hydrogen) atoms. The van der Waals surface area contributed by atoms with E-state index in [1.54, 1.807) is 0 Å². The Hall–Kier alpha value is -0.0800. The fourth-order valence-corrected chi connectivity index (χ4v) is 2.36. The lowest BCUT2D eigenvalue weighted by Crippen LogP contribution is -2.47. The van der Waals surface area contributed by atoms with Gasteiger partial charge in [0.1, 0.15) is 0 Å². The minimum atomic E-state index is -0.0805. The smallest absolute Gasteiger partial charge is 0.0693 e. The monoisotopic (exact) mass is 183 g/mol. The highest BCUT2D eigenvalue weighted by Gasteiger charge is 2.26. The molecule has 2 nitrogen and oxygen atoms in total. The van der Waals surface area contributed by atoms with Crippen LogP contribution < -0.4 is 5.32 Å². The van der Waals surface area contributed by atoms with Crippen LogP contribution in [0.5, 0.6) is 0 Å². The van der Waals surface area contributed by atoms with E-state index in [2.05, 4.69) is 5.32 Å². The zero-order chi connectivity index (χ0) is 9.10. The quantitative estimate of drug-likeness (QED) is 0.640. The van der Waals surface area contributed by atoms with Gasteiger partial charge in [0.25, 0.3) is 0 Å². The van der Waals surface area contributed by atoms with Gasteiger partial charge in [0, 0.05) is 12.1 Å². The van der Waals surface area contributed by atoms with Crippen molar-refractivity contribution in [1.82, 2.24) is 5.32 Å². The molecule has 2 saturated carbocycles. The van der Waals surface area contributed by atoms with Crippen molar-refractivity contribution in [2.24, 2.45) is 0 Å². The van der Waals surface area contributed by atoms with E-state index in [4.69, 9.17) is 0 Å². The number of hydrogen-bond acceptors (Lipinski definition) is 2. The number of aliphatic hydroxyl groups is 1. The zero-order valence-electron chi connectivity index (χ0n) is 8.34. The molecule has 0 radical (unpaired) electrons. The molecule has 0 bridgehead atoms. The third-order valence-corrected chi connectivity index (χ3v) is 3.53. The molecule has 0 spiro atoms. The van der Waals surface area contributed by atoms with Gasteiger partial charge in [0.05, 0.1) is 6.10 Å². The molecule has 2 heteroatoms. The SMILES string of the molecule is O[C@@H]1CCCCC[C@H]1NC1CCC1. The molecule has 0 saturated heterocycles. The van der Waals surface area contributed by atoms with Crippen LogP contribution in [-0.4, -0.2) is 23.3 Å². The molecule has 0 aromatic carbocycles. The second-order valence-electron chi connectivity index (χ2n) is 4.61. The summed E-state index contributed by atoms with van der Waals surface area (Å²) in [5.41, 5.74) is 0. The summed E-state index contributed by atoms with van der Waals surface area (Å²) in [4.78, 5) is 0. The van der Waals surface area contributed by atoms with Crippen molar-refractivity contribution in [3.05, 3.63) is 0 Å². The molecule has 2 aliphatic rings. The number of hydrogen-bond donors (Lipinski definition) is 2. The third-order valence-electron chi connectivity index (χ3n) is 3.53. The largest absolute Gasteiger partial charge is 0.392 e. The van der Waals surface area contributed by atoms with Gasteiger partial charge < -0.3 is 10.4 Å². The highest BCUT2D eigenvalue weighted by atomic mass is 16.3. The van der Waals surface area contributed by atoms with Gasteiger partial charge in [-0.1, -0.05) is 25.7 Å². The third kappa shape index (κ3) is 2.44. The molecular weight excluding hydrogens is 162 g/mol. The summed E-state index contributed by atoms with van der Waals surface area (Å²) < 4.78 is 0. The Morgan fingerprint density at radius 2 is 1.62 bits per heavy atom. The van der Waals surface area contributed by atoms with Gasteiger partial charge >= 0.3 is 0 Å². The maximum atomic E-state index is 9.85. The summed E-state index contributed by atoms with van der Waals surface area (Å²) in [6, 6.07) is 1.12. The summed E-state index contributed by atoms with van der Waals surface area (Å²) in [5, 5.41) is 13.4. The lowest BCUT2D eigenvalue weighted by Gasteiger charge is -2.33. The van der Waals surface area contributed by atoms with Crippen LogP contribution in [0.1, 0.15) is 51.4 Å². The van der Waals surface area contributed by atoms with Gasteiger partial charge in [-0.05, 0) is 25.7 Å². The lowest BCUT2D eigenvalue weighted by molar-refractivity contribution is 0.105. The van der Waals surface area contributed by atoms with Crippen molar-refractivity contribution in [3.63, 3.8) is 0 Å². The minimum Gasteiger partial charge on any atom is -0.392 e. The summed E-state index contributed by atoms with van der Waals surface area (Å²) in [6.45, 7) is 0. The normalized spacial score (nSPS) is 36.7. The molecule has 2 aliphatic carbocycles. The standard InChI is InChI=1S/C11H21NO/c13-11-8-3-1-2-7-10(11)12-9-5-4-6-9/h9-13H,1-8H2/t10-,11-/m1/s1. The van der Waals surface area contributed by atoms with E-state index < -0.39 is 0 Å². The first-order chi connectivity index (χ1) is 6.36. The summed E-state index contributed by atoms with van der Waals surface area (Å²) in [7, 11) is 0.